The first-order valence-corrected chi connectivity index (χ1v) is 15.6. The molecule has 12 nitrogen and oxygen atoms in total. The highest BCUT2D eigenvalue weighted by molar-refractivity contribution is 7.93. The average molecular weight is 658 g/mol. The van der Waals surface area contributed by atoms with Gasteiger partial charge in [0, 0.05) is 49.3 Å². The summed E-state index contributed by atoms with van der Waals surface area (Å²) in [7, 11) is 2.62. The van der Waals surface area contributed by atoms with E-state index in [0.29, 0.717) is 10.1 Å². The molecule has 0 radical (unpaired) electrons. The maximum absolute atomic E-state index is 15.3. The van der Waals surface area contributed by atoms with Gasteiger partial charge in [0.25, 0.3) is 22.4 Å². The van der Waals surface area contributed by atoms with Crippen molar-refractivity contribution in [2.24, 2.45) is 0 Å². The zero-order valence-electron chi connectivity index (χ0n) is 25.2. The summed E-state index contributed by atoms with van der Waals surface area (Å²) in [6.45, 7) is 0.202. The molecule has 1 fully saturated rings. The Balaban J connectivity index is 1.86. The summed E-state index contributed by atoms with van der Waals surface area (Å²) < 4.78 is 51.6. The van der Waals surface area contributed by atoms with Crippen molar-refractivity contribution in [3.63, 3.8) is 0 Å². The number of hydrogen-bond acceptors (Lipinski definition) is 10. The Kier molecular flexibility index (Phi) is 8.71. The maximum atomic E-state index is 15.3. The van der Waals surface area contributed by atoms with Gasteiger partial charge in [-0.2, -0.15) is 0 Å². The molecule has 45 heavy (non-hydrogen) atoms. The predicted octanol–water partition coefficient (Wildman–Crippen LogP) is 3.05. The van der Waals surface area contributed by atoms with Crippen LogP contribution in [-0.2, 0) is 34.7 Å². The summed E-state index contributed by atoms with van der Waals surface area (Å²) in [6, 6.07) is 14.2. The number of carbonyl (C=O) groups excluding carboxylic acids is 3. The number of rotatable bonds is 10. The molecular formula is C31H32ClN3O9S. The molecule has 238 valence electrons. The van der Waals surface area contributed by atoms with Crippen molar-refractivity contribution < 1.29 is 41.7 Å². The van der Waals surface area contributed by atoms with Gasteiger partial charge in [-0.15, -0.1) is 0 Å². The number of para-hydroxylation sites is 1. The minimum atomic E-state index is -4.68. The number of halogens is 1. The minimum Gasteiger partial charge on any atom is -0.497 e. The van der Waals surface area contributed by atoms with Crippen LogP contribution in [0, 0.1) is 0 Å². The summed E-state index contributed by atoms with van der Waals surface area (Å²) in [4.78, 5) is 43.1. The normalized spacial score (nSPS) is 21.3. The second-order valence-electron chi connectivity index (χ2n) is 10.7. The molecule has 2 aliphatic heterocycles. The first-order chi connectivity index (χ1) is 21.5. The predicted molar refractivity (Wildman–Crippen MR) is 164 cm³/mol. The number of hydrogen-bond donors (Lipinski definition) is 0. The molecule has 3 atom stereocenters. The Hall–Kier alpha value is -4.33. The topological polar surface area (TPSA) is 132 Å². The Morgan fingerprint density at radius 1 is 0.978 bits per heavy atom. The number of carbonyl (C=O) groups is 3. The molecule has 0 spiro atoms. The third-order valence-corrected chi connectivity index (χ3v) is 10.1. The van der Waals surface area contributed by atoms with Crippen LogP contribution in [0.15, 0.2) is 65.6 Å². The number of amides is 2. The van der Waals surface area contributed by atoms with E-state index < -0.39 is 33.6 Å². The molecule has 3 aromatic rings. The van der Waals surface area contributed by atoms with Crippen molar-refractivity contribution in [3.8, 4) is 17.2 Å². The number of likely N-dealkylation sites (N-methyl/N-ethyl adjacent to an activating group) is 1. The van der Waals surface area contributed by atoms with E-state index >= 15 is 4.79 Å². The molecule has 0 N–H and O–H groups in total. The number of methoxy groups -OCH3 is 3. The van der Waals surface area contributed by atoms with Crippen molar-refractivity contribution in [3.05, 3.63) is 76.8 Å². The van der Waals surface area contributed by atoms with E-state index in [0.717, 1.165) is 0 Å². The van der Waals surface area contributed by atoms with Gasteiger partial charge in [-0.1, -0.05) is 29.8 Å². The van der Waals surface area contributed by atoms with Crippen LogP contribution in [0.2, 0.25) is 5.02 Å². The SMILES string of the molecule is COc1ccc(S(=O)(=O)N2C(=O)[C@@](c3ccccc3OC)(N3CC(OC=O)CC3C(=O)N(C)C)c3cc(Cl)ccc32)c(OC)c1. The summed E-state index contributed by atoms with van der Waals surface area (Å²) in [5, 5.41) is 0.220. The first kappa shape index (κ1) is 32.1. The zero-order valence-corrected chi connectivity index (χ0v) is 26.8. The van der Waals surface area contributed by atoms with Gasteiger partial charge >= 0.3 is 0 Å². The Morgan fingerprint density at radius 3 is 2.33 bits per heavy atom. The van der Waals surface area contributed by atoms with E-state index in [4.69, 9.17) is 30.5 Å². The highest BCUT2D eigenvalue weighted by Gasteiger charge is 2.64. The molecular weight excluding hydrogens is 626 g/mol. The second-order valence-corrected chi connectivity index (χ2v) is 12.8. The van der Waals surface area contributed by atoms with Crippen LogP contribution in [0.5, 0.6) is 17.2 Å². The number of benzene rings is 3. The molecule has 0 aromatic heterocycles. The number of anilines is 1. The van der Waals surface area contributed by atoms with Crippen LogP contribution in [0.4, 0.5) is 5.69 Å². The van der Waals surface area contributed by atoms with Gasteiger partial charge in [0.05, 0.1) is 33.1 Å². The lowest BCUT2D eigenvalue weighted by Crippen LogP contribution is -2.59. The van der Waals surface area contributed by atoms with Crippen LogP contribution in [0.25, 0.3) is 0 Å². The van der Waals surface area contributed by atoms with Crippen molar-refractivity contribution >= 4 is 45.6 Å². The zero-order chi connectivity index (χ0) is 32.7. The van der Waals surface area contributed by atoms with E-state index in [-0.39, 0.29) is 63.6 Å². The van der Waals surface area contributed by atoms with Gasteiger partial charge in [0.1, 0.15) is 28.2 Å². The highest BCUT2D eigenvalue weighted by Crippen LogP contribution is 2.55. The molecule has 2 unspecified atom stereocenters. The van der Waals surface area contributed by atoms with Crippen LogP contribution < -0.4 is 18.5 Å². The molecule has 3 aromatic carbocycles. The maximum Gasteiger partial charge on any atom is 0.293 e. The Labute approximate surface area is 266 Å². The van der Waals surface area contributed by atoms with Crippen LogP contribution in [-0.4, -0.2) is 90.6 Å². The van der Waals surface area contributed by atoms with Gasteiger partial charge in [-0.05, 0) is 36.4 Å². The van der Waals surface area contributed by atoms with E-state index in [2.05, 4.69) is 0 Å². The van der Waals surface area contributed by atoms with E-state index in [1.807, 2.05) is 0 Å². The molecule has 2 heterocycles. The van der Waals surface area contributed by atoms with Gasteiger partial charge in [0.15, 0.2) is 5.54 Å². The smallest absolute Gasteiger partial charge is 0.293 e. The van der Waals surface area contributed by atoms with Crippen LogP contribution >= 0.6 is 11.6 Å². The molecule has 0 saturated carbocycles. The summed E-state index contributed by atoms with van der Waals surface area (Å²) in [5.41, 5.74) is -1.49. The van der Waals surface area contributed by atoms with Crippen LogP contribution in [0.1, 0.15) is 17.5 Å². The number of sulfonamides is 1. The fraction of sp³-hybridized carbons (Fsp3) is 0.323. The quantitative estimate of drug-likeness (QED) is 0.300. The molecule has 2 amide bonds. The van der Waals surface area contributed by atoms with Crippen molar-refractivity contribution in [1.29, 1.82) is 0 Å². The lowest BCUT2D eigenvalue weighted by Gasteiger charge is -2.42. The van der Waals surface area contributed by atoms with Crippen molar-refractivity contribution in [2.45, 2.75) is 29.0 Å². The lowest BCUT2D eigenvalue weighted by molar-refractivity contribution is -0.138. The molecule has 0 aliphatic carbocycles. The highest BCUT2D eigenvalue weighted by atomic mass is 35.5. The lowest BCUT2D eigenvalue weighted by atomic mass is 9.80. The van der Waals surface area contributed by atoms with E-state index in [1.54, 1.807) is 43.3 Å². The van der Waals surface area contributed by atoms with Gasteiger partial charge < -0.3 is 23.8 Å². The fourth-order valence-corrected chi connectivity index (χ4v) is 7.96. The van der Waals surface area contributed by atoms with E-state index in [1.165, 1.54) is 62.6 Å². The summed E-state index contributed by atoms with van der Waals surface area (Å²) in [6.07, 6.45) is -0.736. The van der Waals surface area contributed by atoms with Crippen LogP contribution in [0.3, 0.4) is 0 Å². The number of ether oxygens (including phenoxy) is 4. The third kappa shape index (κ3) is 5.04. The Morgan fingerprint density at radius 2 is 1.69 bits per heavy atom. The van der Waals surface area contributed by atoms with Crippen molar-refractivity contribution in [1.82, 2.24) is 9.80 Å². The standard InChI is InChI=1S/C31H32ClN3O9S/c1-33(2)29(37)25-15-21(44-18-36)17-34(25)31(22-8-6-7-9-26(22)42-4)23-14-19(32)10-12-24(23)35(30(31)38)45(39,40)28-13-11-20(41-3)16-27(28)43-5/h6-14,16,18,21,25H,15,17H2,1-5H3/t21?,25?,31-/m0/s1. The number of fused-ring (bicyclic) bond motifs is 1. The first-order valence-electron chi connectivity index (χ1n) is 13.8. The number of nitrogens with zero attached hydrogens (tertiary/aromatic N) is 3. The molecule has 2 aliphatic rings. The molecule has 5 rings (SSSR count). The fourth-order valence-electron chi connectivity index (χ4n) is 6.19. The van der Waals surface area contributed by atoms with Crippen molar-refractivity contribution in [2.75, 3.05) is 46.3 Å². The minimum absolute atomic E-state index is 0.0176. The van der Waals surface area contributed by atoms with Gasteiger partial charge in [-0.3, -0.25) is 19.3 Å². The summed E-state index contributed by atoms with van der Waals surface area (Å²) in [5.74, 6) is -0.735. The largest absolute Gasteiger partial charge is 0.497 e. The van der Waals surface area contributed by atoms with Gasteiger partial charge in [0.2, 0.25) is 5.91 Å². The molecule has 1 saturated heterocycles. The average Bonchev–Trinajstić information content (AvgIpc) is 3.56. The number of likely N-dealkylation sites (tertiary alicyclic amines) is 1. The summed E-state index contributed by atoms with van der Waals surface area (Å²) >= 11 is 6.54. The Bertz CT molecular complexity index is 1770. The second kappa shape index (κ2) is 12.2. The third-order valence-electron chi connectivity index (χ3n) is 8.11. The molecule has 0 bridgehead atoms. The monoisotopic (exact) mass is 657 g/mol. The molecule has 14 heteroatoms. The van der Waals surface area contributed by atoms with Gasteiger partial charge in [-0.25, -0.2) is 12.7 Å². The van der Waals surface area contributed by atoms with E-state index in [9.17, 15) is 18.0 Å².